The van der Waals surface area contributed by atoms with Gasteiger partial charge in [0.1, 0.15) is 0 Å². The molecule has 0 aromatic heterocycles. The summed E-state index contributed by atoms with van der Waals surface area (Å²) < 4.78 is 103. The Labute approximate surface area is 96.4 Å². The Morgan fingerprint density at radius 3 is 1.94 bits per heavy atom. The van der Waals surface area contributed by atoms with Gasteiger partial charge in [0.05, 0.1) is 13.4 Å². The van der Waals surface area contributed by atoms with Crippen LogP contribution in [0.5, 0.6) is 0 Å². The molecule has 0 aromatic carbocycles. The first-order chi connectivity index (χ1) is 8.11. The van der Waals surface area contributed by atoms with Crippen LogP contribution >= 0.6 is 0 Å². The molecule has 1 aliphatic rings. The second-order valence-electron chi connectivity index (χ2n) is 3.77. The van der Waals surface area contributed by atoms with Crippen LogP contribution in [0.15, 0.2) is 23.3 Å². The molecular formula is C9H8F8N+. The highest BCUT2D eigenvalue weighted by atomic mass is 19.6. The molecule has 0 amide bonds. The van der Waals surface area contributed by atoms with Crippen molar-refractivity contribution in [3.8, 4) is 0 Å². The summed E-state index contributed by atoms with van der Waals surface area (Å²) in [4.78, 5) is 0. The third kappa shape index (κ3) is 1.80. The van der Waals surface area contributed by atoms with Gasteiger partial charge in [-0.3, -0.25) is 0 Å². The highest BCUT2D eigenvalue weighted by Gasteiger charge is 2.72. The summed E-state index contributed by atoms with van der Waals surface area (Å²) in [5, 5.41) is -4.87. The van der Waals surface area contributed by atoms with Gasteiger partial charge in [-0.25, -0.2) is 22.0 Å². The summed E-state index contributed by atoms with van der Waals surface area (Å²) in [7, 11) is 0. The Bertz CT molecular complexity index is 409. The Kier molecular flexibility index (Phi) is 3.75. The molecule has 1 nitrogen and oxygen atoms in total. The largest absolute Gasteiger partial charge is 0.308 e. The summed E-state index contributed by atoms with van der Waals surface area (Å²) >= 11 is 0. The first-order valence-corrected chi connectivity index (χ1v) is 4.84. The van der Waals surface area contributed by atoms with Gasteiger partial charge < -0.3 is 0 Å². The summed E-state index contributed by atoms with van der Waals surface area (Å²) in [5.41, 5.74) is -4.06. The van der Waals surface area contributed by atoms with E-state index in [0.717, 1.165) is 6.92 Å². The van der Waals surface area contributed by atoms with E-state index in [1.165, 1.54) is 0 Å². The van der Waals surface area contributed by atoms with Gasteiger partial charge >= 0.3 is 5.54 Å². The first-order valence-electron chi connectivity index (χ1n) is 4.84. The zero-order valence-corrected chi connectivity index (χ0v) is 8.96. The second-order valence-corrected chi connectivity index (χ2v) is 3.77. The standard InChI is InChI=1S/C9H8F8N/c1-2-3-9(18(15,16)17)7(13)5(11)4(10)6(12)8(9)14/h7H,2-3H2,1H3/q+1. The van der Waals surface area contributed by atoms with Crippen LogP contribution in [0.25, 0.3) is 0 Å². The molecule has 9 heteroatoms. The van der Waals surface area contributed by atoms with Gasteiger partial charge in [0, 0.05) is 6.42 Å². The summed E-state index contributed by atoms with van der Waals surface area (Å²) in [6.45, 7) is 1.14. The predicted molar refractivity (Wildman–Crippen MR) is 44.6 cm³/mol. The van der Waals surface area contributed by atoms with Crippen LogP contribution in [0.2, 0.25) is 0 Å². The molecule has 0 aromatic rings. The fraction of sp³-hybridized carbons (Fsp3) is 0.556. The lowest BCUT2D eigenvalue weighted by Crippen LogP contribution is -2.58. The van der Waals surface area contributed by atoms with Crippen LogP contribution in [-0.4, -0.2) is 16.9 Å². The number of hydrogen-bond donors (Lipinski definition) is 0. The Morgan fingerprint density at radius 2 is 1.56 bits per heavy atom. The van der Waals surface area contributed by atoms with Gasteiger partial charge in [0.15, 0.2) is 17.5 Å². The van der Waals surface area contributed by atoms with Crippen molar-refractivity contribution >= 4 is 0 Å². The molecule has 0 saturated carbocycles. The van der Waals surface area contributed by atoms with E-state index in [1.807, 2.05) is 0 Å². The minimum absolute atomic E-state index is 0.409. The van der Waals surface area contributed by atoms with Crippen LogP contribution in [0.3, 0.4) is 0 Å². The molecule has 0 fully saturated rings. The normalized spacial score (nSPS) is 30.2. The lowest BCUT2D eigenvalue weighted by Gasteiger charge is -2.32. The van der Waals surface area contributed by atoms with Crippen LogP contribution in [0.4, 0.5) is 35.4 Å². The van der Waals surface area contributed by atoms with Gasteiger partial charge in [-0.15, -0.1) is 0 Å². The Hall–Kier alpha value is -1.12. The SMILES string of the molecule is CCCC1([N+](F)(F)F)C(F)=C(F)C(F)=C(F)C1F. The zero-order valence-electron chi connectivity index (χ0n) is 8.96. The van der Waals surface area contributed by atoms with E-state index >= 15 is 0 Å². The van der Waals surface area contributed by atoms with E-state index in [4.69, 9.17) is 0 Å². The van der Waals surface area contributed by atoms with Crippen LogP contribution in [0.1, 0.15) is 19.8 Å². The smallest absolute Gasteiger partial charge is 0.232 e. The molecule has 0 N–H and O–H groups in total. The topological polar surface area (TPSA) is 0 Å². The predicted octanol–water partition coefficient (Wildman–Crippen LogP) is 4.65. The number of allylic oxidation sites excluding steroid dienone is 2. The summed E-state index contributed by atoms with van der Waals surface area (Å²) in [6.07, 6.45) is -5.32. The fourth-order valence-corrected chi connectivity index (χ4v) is 1.81. The maximum atomic E-state index is 13.4. The first kappa shape index (κ1) is 14.9. The van der Waals surface area contributed by atoms with Crippen molar-refractivity contribution in [2.24, 2.45) is 0 Å². The molecule has 2 atom stereocenters. The number of rotatable bonds is 3. The van der Waals surface area contributed by atoms with Crippen LogP contribution < -0.4 is 0 Å². The highest BCUT2D eigenvalue weighted by molar-refractivity contribution is 5.38. The second kappa shape index (κ2) is 4.52. The molecule has 0 saturated heterocycles. The maximum absolute atomic E-state index is 13.4. The summed E-state index contributed by atoms with van der Waals surface area (Å²) in [5.74, 6) is -10.5. The molecule has 18 heavy (non-hydrogen) atoms. The lowest BCUT2D eigenvalue weighted by atomic mass is 9.83. The minimum Gasteiger partial charge on any atom is -0.232 e. The third-order valence-corrected chi connectivity index (χ3v) is 2.70. The van der Waals surface area contributed by atoms with Gasteiger partial charge in [0.25, 0.3) is 5.15 Å². The van der Waals surface area contributed by atoms with Gasteiger partial charge in [-0.2, -0.15) is 0 Å². The molecule has 0 aliphatic heterocycles. The van der Waals surface area contributed by atoms with E-state index in [1.54, 1.807) is 0 Å². The molecule has 1 rings (SSSR count). The molecule has 0 spiro atoms. The molecule has 1 aliphatic carbocycles. The van der Waals surface area contributed by atoms with Crippen molar-refractivity contribution in [3.63, 3.8) is 0 Å². The van der Waals surface area contributed by atoms with E-state index in [9.17, 15) is 35.4 Å². The Balaban J connectivity index is 3.55. The van der Waals surface area contributed by atoms with Crippen LogP contribution in [-0.2, 0) is 0 Å². The molecular weight excluding hydrogens is 274 g/mol. The maximum Gasteiger partial charge on any atom is 0.308 e. The van der Waals surface area contributed by atoms with E-state index in [2.05, 4.69) is 0 Å². The van der Waals surface area contributed by atoms with Gasteiger partial charge in [-0.05, 0) is 6.42 Å². The number of hydrogen-bond acceptors (Lipinski definition) is 0. The number of nitrogens with zero attached hydrogens (tertiary/aromatic N) is 1. The van der Waals surface area contributed by atoms with Crippen molar-refractivity contribution in [1.82, 2.24) is 0 Å². The highest BCUT2D eigenvalue weighted by Crippen LogP contribution is 2.51. The molecule has 0 bridgehead atoms. The van der Waals surface area contributed by atoms with Crippen molar-refractivity contribution in [3.05, 3.63) is 23.3 Å². The number of quaternary nitrogens is 1. The van der Waals surface area contributed by atoms with Gasteiger partial charge in [0.2, 0.25) is 12.0 Å². The number of alkyl halides is 1. The zero-order chi connectivity index (χ0) is 14.3. The van der Waals surface area contributed by atoms with Crippen molar-refractivity contribution in [2.45, 2.75) is 31.5 Å². The molecule has 0 radical (unpaired) electrons. The van der Waals surface area contributed by atoms with E-state index in [0.29, 0.717) is 0 Å². The fourth-order valence-electron chi connectivity index (χ4n) is 1.81. The van der Waals surface area contributed by atoms with Crippen LogP contribution in [0, 0.1) is 0 Å². The molecule has 2 unspecified atom stereocenters. The minimum atomic E-state index is -4.87. The van der Waals surface area contributed by atoms with E-state index < -0.39 is 53.0 Å². The van der Waals surface area contributed by atoms with Crippen molar-refractivity contribution in [2.75, 3.05) is 0 Å². The third-order valence-electron chi connectivity index (χ3n) is 2.70. The Morgan fingerprint density at radius 1 is 1.06 bits per heavy atom. The lowest BCUT2D eigenvalue weighted by molar-refractivity contribution is -1.30. The van der Waals surface area contributed by atoms with Crippen molar-refractivity contribution in [1.29, 1.82) is 0 Å². The number of halogens is 8. The van der Waals surface area contributed by atoms with E-state index in [-0.39, 0.29) is 0 Å². The van der Waals surface area contributed by atoms with Crippen molar-refractivity contribution < 1.29 is 40.5 Å². The average molecular weight is 282 g/mol. The average Bonchev–Trinajstić information content (AvgIpc) is 2.28. The molecule has 0 heterocycles. The monoisotopic (exact) mass is 282 g/mol. The molecule has 104 valence electrons. The quantitative estimate of drug-likeness (QED) is 0.522. The van der Waals surface area contributed by atoms with Gasteiger partial charge in [-0.1, -0.05) is 6.92 Å². The summed E-state index contributed by atoms with van der Waals surface area (Å²) in [6, 6.07) is 0.